The summed E-state index contributed by atoms with van der Waals surface area (Å²) in [6, 6.07) is -0.703. The molecule has 4 rings (SSSR count). The molecule has 0 radical (unpaired) electrons. The molecule has 3 unspecified atom stereocenters. The maximum atomic E-state index is 13.6. The Labute approximate surface area is 184 Å². The maximum absolute atomic E-state index is 13.6. The molecule has 1 saturated carbocycles. The first-order valence-corrected chi connectivity index (χ1v) is 12.0. The van der Waals surface area contributed by atoms with E-state index in [1.54, 1.807) is 0 Å². The second-order valence-electron chi connectivity index (χ2n) is 10.1. The van der Waals surface area contributed by atoms with Crippen molar-refractivity contribution in [2.24, 2.45) is 17.8 Å². The van der Waals surface area contributed by atoms with E-state index in [-0.39, 0.29) is 42.8 Å². The largest absolute Gasteiger partial charge is 0.395 e. The van der Waals surface area contributed by atoms with Crippen molar-refractivity contribution in [3.05, 3.63) is 0 Å². The molecule has 3 saturated heterocycles. The van der Waals surface area contributed by atoms with Crippen LogP contribution in [0.25, 0.3) is 0 Å². The highest BCUT2D eigenvalue weighted by atomic mass is 16.5. The summed E-state index contributed by atoms with van der Waals surface area (Å²) in [4.78, 5) is 41.8. The Morgan fingerprint density at radius 3 is 2.58 bits per heavy atom. The van der Waals surface area contributed by atoms with E-state index in [0.717, 1.165) is 32.1 Å². The van der Waals surface area contributed by atoms with E-state index in [4.69, 9.17) is 4.74 Å². The summed E-state index contributed by atoms with van der Waals surface area (Å²) in [7, 11) is 0. The van der Waals surface area contributed by atoms with Gasteiger partial charge in [-0.25, -0.2) is 0 Å². The first kappa shape index (κ1) is 22.5. The zero-order valence-electron chi connectivity index (χ0n) is 19.0. The van der Waals surface area contributed by atoms with E-state index in [9.17, 15) is 19.5 Å². The number of β-amino-alcohol motifs (C(OH)–C–C–N with tert-alkyl or cyclic N) is 1. The molecule has 3 amide bonds. The third-order valence-corrected chi connectivity index (χ3v) is 8.19. The normalized spacial score (nSPS) is 39.6. The molecule has 6 atom stereocenters. The van der Waals surface area contributed by atoms with Crippen LogP contribution >= 0.6 is 0 Å². The van der Waals surface area contributed by atoms with Crippen molar-refractivity contribution in [3.63, 3.8) is 0 Å². The smallest absolute Gasteiger partial charge is 0.246 e. The predicted octanol–water partition coefficient (Wildman–Crippen LogP) is 0.965. The average molecular weight is 436 g/mol. The molecule has 1 aliphatic carbocycles. The predicted molar refractivity (Wildman–Crippen MR) is 114 cm³/mol. The number of rotatable bonds is 7. The number of hydrogen-bond donors (Lipinski definition) is 3. The van der Waals surface area contributed by atoms with Crippen LogP contribution in [0.2, 0.25) is 0 Å². The molecule has 3 aliphatic heterocycles. The number of hydrogen-bond acceptors (Lipinski definition) is 5. The van der Waals surface area contributed by atoms with Crippen LogP contribution in [0.15, 0.2) is 0 Å². The molecule has 4 fully saturated rings. The number of likely N-dealkylation sites (tertiary alicyclic amines) is 1. The lowest BCUT2D eigenvalue weighted by atomic mass is 9.62. The van der Waals surface area contributed by atoms with Crippen LogP contribution in [0.1, 0.15) is 65.7 Å². The van der Waals surface area contributed by atoms with E-state index in [2.05, 4.69) is 10.6 Å². The van der Waals surface area contributed by atoms with Crippen molar-refractivity contribution >= 4 is 17.7 Å². The number of aliphatic hydroxyl groups excluding tert-OH is 1. The lowest BCUT2D eigenvalue weighted by Gasteiger charge is -2.36. The van der Waals surface area contributed by atoms with Gasteiger partial charge in [0.2, 0.25) is 17.7 Å². The number of aliphatic hydroxyl groups is 1. The molecule has 174 valence electrons. The average Bonchev–Trinajstić information content (AvgIpc) is 3.24. The van der Waals surface area contributed by atoms with Crippen molar-refractivity contribution < 1.29 is 24.2 Å². The van der Waals surface area contributed by atoms with Gasteiger partial charge in [-0.05, 0) is 38.5 Å². The number of amides is 3. The molecule has 4 aliphatic rings. The first-order chi connectivity index (χ1) is 14.8. The molecular weight excluding hydrogens is 398 g/mol. The summed E-state index contributed by atoms with van der Waals surface area (Å²) in [6.45, 7) is 6.32. The van der Waals surface area contributed by atoms with Crippen molar-refractivity contribution in [1.82, 2.24) is 15.5 Å². The van der Waals surface area contributed by atoms with Crippen LogP contribution < -0.4 is 10.6 Å². The third kappa shape index (κ3) is 3.37. The zero-order valence-corrected chi connectivity index (χ0v) is 19.0. The van der Waals surface area contributed by atoms with Crippen molar-refractivity contribution in [2.75, 3.05) is 19.7 Å². The van der Waals surface area contributed by atoms with Crippen LogP contribution in [-0.2, 0) is 19.1 Å². The van der Waals surface area contributed by atoms with E-state index in [1.165, 1.54) is 11.3 Å². The Kier molecular flexibility index (Phi) is 6.07. The second kappa shape index (κ2) is 8.35. The Bertz CT molecular complexity index is 739. The van der Waals surface area contributed by atoms with E-state index >= 15 is 0 Å². The number of carbonyl (C=O) groups is 3. The summed E-state index contributed by atoms with van der Waals surface area (Å²) >= 11 is 0. The number of nitrogens with zero attached hydrogens (tertiary/aromatic N) is 1. The molecular formula is C23H37N3O5. The fourth-order valence-corrected chi connectivity index (χ4v) is 6.67. The first-order valence-electron chi connectivity index (χ1n) is 12.0. The SMILES string of the molecule is CCCNC(=O)[C@@H]1[C@H]2C(=O)N(CCO)C(C(=O)NC3CCCCC3)C23CC(C)[C@@]1(C)O3. The molecule has 0 aromatic carbocycles. The van der Waals surface area contributed by atoms with E-state index < -0.39 is 29.1 Å². The fourth-order valence-electron chi connectivity index (χ4n) is 6.67. The van der Waals surface area contributed by atoms with Gasteiger partial charge in [0, 0.05) is 19.1 Å². The summed E-state index contributed by atoms with van der Waals surface area (Å²) in [5.41, 5.74) is -1.81. The molecule has 8 heteroatoms. The molecule has 31 heavy (non-hydrogen) atoms. The van der Waals surface area contributed by atoms with E-state index in [0.29, 0.717) is 13.0 Å². The summed E-state index contributed by atoms with van der Waals surface area (Å²) in [5, 5.41) is 15.8. The van der Waals surface area contributed by atoms with Gasteiger partial charge in [0.05, 0.1) is 24.0 Å². The molecule has 0 aromatic rings. The standard InChI is InChI=1S/C23H37N3O5/c1-4-10-24-19(28)16-17-21(30)26(11-12-27)18(20(29)25-15-8-6-5-7-9-15)23(17)13-14(2)22(16,3)31-23/h14-18,27H,4-13H2,1-3H3,(H,24,28)(H,25,29)/t14?,16-,17-,18?,22+,23?/m0/s1. The van der Waals surface area contributed by atoms with Gasteiger partial charge in [-0.3, -0.25) is 14.4 Å². The van der Waals surface area contributed by atoms with Gasteiger partial charge >= 0.3 is 0 Å². The van der Waals surface area contributed by atoms with Gasteiger partial charge < -0.3 is 25.4 Å². The van der Waals surface area contributed by atoms with Gasteiger partial charge in [-0.15, -0.1) is 0 Å². The Morgan fingerprint density at radius 2 is 1.94 bits per heavy atom. The molecule has 1 spiro atoms. The highest BCUT2D eigenvalue weighted by molar-refractivity contribution is 5.99. The summed E-state index contributed by atoms with van der Waals surface area (Å²) in [6.07, 6.45) is 6.62. The van der Waals surface area contributed by atoms with Gasteiger partial charge in [-0.1, -0.05) is 33.1 Å². The zero-order chi connectivity index (χ0) is 22.4. The summed E-state index contributed by atoms with van der Waals surface area (Å²) < 4.78 is 6.60. The lowest BCUT2D eigenvalue weighted by Crippen LogP contribution is -2.57. The van der Waals surface area contributed by atoms with Gasteiger partial charge in [0.1, 0.15) is 11.6 Å². The third-order valence-electron chi connectivity index (χ3n) is 8.19. The second-order valence-corrected chi connectivity index (χ2v) is 10.1. The van der Waals surface area contributed by atoms with Crippen molar-refractivity contribution in [3.8, 4) is 0 Å². The quantitative estimate of drug-likeness (QED) is 0.552. The number of carbonyl (C=O) groups excluding carboxylic acids is 3. The molecule has 8 nitrogen and oxygen atoms in total. The lowest BCUT2D eigenvalue weighted by molar-refractivity contribution is -0.148. The molecule has 3 N–H and O–H groups in total. The minimum absolute atomic E-state index is 0.0352. The van der Waals surface area contributed by atoms with Crippen LogP contribution in [0.4, 0.5) is 0 Å². The summed E-state index contributed by atoms with van der Waals surface area (Å²) in [5.74, 6) is -1.92. The van der Waals surface area contributed by atoms with Gasteiger partial charge in [0.25, 0.3) is 0 Å². The monoisotopic (exact) mass is 435 g/mol. The fraction of sp³-hybridized carbons (Fsp3) is 0.870. The Morgan fingerprint density at radius 1 is 1.23 bits per heavy atom. The minimum atomic E-state index is -1.02. The Balaban J connectivity index is 1.68. The Hall–Kier alpha value is -1.67. The molecule has 3 heterocycles. The number of nitrogens with one attached hydrogen (secondary N) is 2. The number of fused-ring (bicyclic) bond motifs is 1. The number of ether oxygens (including phenoxy) is 1. The van der Waals surface area contributed by atoms with Crippen LogP contribution in [0.5, 0.6) is 0 Å². The van der Waals surface area contributed by atoms with Crippen LogP contribution in [0.3, 0.4) is 0 Å². The molecule has 2 bridgehead atoms. The van der Waals surface area contributed by atoms with Crippen molar-refractivity contribution in [1.29, 1.82) is 0 Å². The van der Waals surface area contributed by atoms with Gasteiger partial charge in [0.15, 0.2) is 0 Å². The van der Waals surface area contributed by atoms with Crippen molar-refractivity contribution in [2.45, 2.75) is 89.0 Å². The van der Waals surface area contributed by atoms with E-state index in [1.807, 2.05) is 20.8 Å². The topological polar surface area (TPSA) is 108 Å². The highest BCUT2D eigenvalue weighted by Crippen LogP contribution is 2.65. The highest BCUT2D eigenvalue weighted by Gasteiger charge is 2.79. The minimum Gasteiger partial charge on any atom is -0.395 e. The molecule has 0 aromatic heterocycles. The van der Waals surface area contributed by atoms with Crippen LogP contribution in [-0.4, -0.2) is 70.7 Å². The maximum Gasteiger partial charge on any atom is 0.246 e. The van der Waals surface area contributed by atoms with Crippen LogP contribution in [0, 0.1) is 17.8 Å². The van der Waals surface area contributed by atoms with Gasteiger partial charge in [-0.2, -0.15) is 0 Å².